The van der Waals surface area contributed by atoms with Crippen LogP contribution in [0.5, 0.6) is 0 Å². The minimum atomic E-state index is -2.08. The van der Waals surface area contributed by atoms with Crippen LogP contribution in [0.4, 0.5) is 0 Å². The van der Waals surface area contributed by atoms with Gasteiger partial charge in [0.05, 0.1) is 19.3 Å². The number of nitrogens with one attached hydrogen (secondary N) is 1. The maximum atomic E-state index is 12.1. The van der Waals surface area contributed by atoms with Crippen molar-refractivity contribution >= 4 is 8.32 Å². The van der Waals surface area contributed by atoms with E-state index in [-0.39, 0.29) is 30.5 Å². The molecule has 1 unspecified atom stereocenters. The van der Waals surface area contributed by atoms with Crippen LogP contribution >= 0.6 is 0 Å². The first-order chi connectivity index (χ1) is 12.0. The van der Waals surface area contributed by atoms with Crippen LogP contribution < -0.4 is 11.2 Å². The van der Waals surface area contributed by atoms with E-state index in [1.165, 1.54) is 16.8 Å². The molecule has 3 aliphatic rings. The SMILES string of the molecule is CC(C)(C)[Si](C)(C)O[C@H]1C[C@H]2OC[C@]1(CO)OC2n1ccc(=O)[nH]c1=O. The Hall–Kier alpha value is -1.26. The van der Waals surface area contributed by atoms with Crippen LogP contribution in [0.3, 0.4) is 0 Å². The normalized spacial score (nSPS) is 32.0. The molecule has 0 amide bonds. The molecule has 26 heavy (non-hydrogen) atoms. The average Bonchev–Trinajstić information content (AvgIpc) is 2.54. The van der Waals surface area contributed by atoms with E-state index in [4.69, 9.17) is 13.9 Å². The molecule has 2 N–H and O–H groups in total. The van der Waals surface area contributed by atoms with Crippen molar-refractivity contribution in [1.82, 2.24) is 9.55 Å². The van der Waals surface area contributed by atoms with Crippen molar-refractivity contribution in [1.29, 1.82) is 0 Å². The van der Waals surface area contributed by atoms with Crippen molar-refractivity contribution in [2.75, 3.05) is 13.2 Å². The first-order valence-corrected chi connectivity index (χ1v) is 11.8. The van der Waals surface area contributed by atoms with Gasteiger partial charge in [0, 0.05) is 18.7 Å². The fraction of sp³-hybridized carbons (Fsp3) is 0.765. The van der Waals surface area contributed by atoms with Crippen LogP contribution in [0.25, 0.3) is 0 Å². The lowest BCUT2D eigenvalue weighted by molar-refractivity contribution is -0.333. The summed E-state index contributed by atoms with van der Waals surface area (Å²) in [6, 6.07) is 1.27. The predicted molar refractivity (Wildman–Crippen MR) is 97.7 cm³/mol. The molecule has 0 spiro atoms. The van der Waals surface area contributed by atoms with Gasteiger partial charge < -0.3 is 19.0 Å². The Balaban J connectivity index is 1.90. The van der Waals surface area contributed by atoms with E-state index < -0.39 is 31.4 Å². The molecule has 4 atom stereocenters. The first kappa shape index (κ1) is 19.5. The molecule has 1 aromatic rings. The van der Waals surface area contributed by atoms with E-state index in [1.54, 1.807) is 0 Å². The van der Waals surface area contributed by atoms with E-state index in [2.05, 4.69) is 38.8 Å². The van der Waals surface area contributed by atoms with Crippen molar-refractivity contribution in [3.8, 4) is 0 Å². The van der Waals surface area contributed by atoms with Crippen molar-refractivity contribution in [2.24, 2.45) is 0 Å². The summed E-state index contributed by atoms with van der Waals surface area (Å²) in [6.45, 7) is 10.7. The number of nitrogens with zero attached hydrogens (tertiary/aromatic N) is 1. The fourth-order valence-corrected chi connectivity index (χ4v) is 4.57. The van der Waals surface area contributed by atoms with E-state index in [1.807, 2.05) is 0 Å². The Bertz CT molecular complexity index is 782. The summed E-state index contributed by atoms with van der Waals surface area (Å²) in [4.78, 5) is 25.7. The Morgan fingerprint density at radius 3 is 2.69 bits per heavy atom. The minimum absolute atomic E-state index is 0.0243. The van der Waals surface area contributed by atoms with Crippen LogP contribution in [-0.2, 0) is 13.9 Å². The zero-order chi connectivity index (χ0) is 19.3. The highest BCUT2D eigenvalue weighted by atomic mass is 28.4. The lowest BCUT2D eigenvalue weighted by Crippen LogP contribution is -2.68. The molecule has 3 saturated heterocycles. The number of hydrogen-bond acceptors (Lipinski definition) is 6. The summed E-state index contributed by atoms with van der Waals surface area (Å²) in [6.07, 6.45) is 0.511. The molecule has 3 fully saturated rings. The van der Waals surface area contributed by atoms with Crippen molar-refractivity contribution in [2.45, 2.75) is 69.4 Å². The summed E-state index contributed by atoms with van der Waals surface area (Å²) >= 11 is 0. The van der Waals surface area contributed by atoms with Crippen LogP contribution in [-0.4, -0.2) is 54.0 Å². The zero-order valence-corrected chi connectivity index (χ0v) is 16.9. The predicted octanol–water partition coefficient (Wildman–Crippen LogP) is 0.976. The molecule has 0 saturated carbocycles. The number of rotatable bonds is 4. The molecule has 4 heterocycles. The third kappa shape index (κ3) is 3.22. The maximum Gasteiger partial charge on any atom is 0.330 e. The van der Waals surface area contributed by atoms with Gasteiger partial charge in [0.2, 0.25) is 0 Å². The number of H-pyrrole nitrogens is 1. The highest BCUT2D eigenvalue weighted by Crippen LogP contribution is 2.46. The van der Waals surface area contributed by atoms with Crippen LogP contribution in [0.2, 0.25) is 18.1 Å². The van der Waals surface area contributed by atoms with E-state index in [0.29, 0.717) is 6.42 Å². The van der Waals surface area contributed by atoms with E-state index in [0.717, 1.165) is 0 Å². The molecule has 2 bridgehead atoms. The molecule has 0 aromatic carbocycles. The van der Waals surface area contributed by atoms with Gasteiger partial charge in [-0.3, -0.25) is 14.3 Å². The van der Waals surface area contributed by atoms with Crippen LogP contribution in [0, 0.1) is 0 Å². The summed E-state index contributed by atoms with van der Waals surface area (Å²) in [5.74, 6) is 0. The number of hydrogen-bond donors (Lipinski definition) is 2. The second-order valence-electron chi connectivity index (χ2n) is 8.70. The zero-order valence-electron chi connectivity index (χ0n) is 15.9. The summed E-state index contributed by atoms with van der Waals surface area (Å²) < 4.78 is 19.9. The number of aliphatic hydroxyl groups is 1. The highest BCUT2D eigenvalue weighted by molar-refractivity contribution is 6.74. The Kier molecular flexibility index (Phi) is 4.81. The van der Waals surface area contributed by atoms with Crippen molar-refractivity contribution in [3.63, 3.8) is 0 Å². The van der Waals surface area contributed by atoms with Gasteiger partial charge in [-0.2, -0.15) is 0 Å². The lowest BCUT2D eigenvalue weighted by Gasteiger charge is -2.56. The number of ether oxygens (including phenoxy) is 2. The molecule has 9 heteroatoms. The first-order valence-electron chi connectivity index (χ1n) is 8.89. The van der Waals surface area contributed by atoms with Gasteiger partial charge in [0.25, 0.3) is 5.56 Å². The lowest BCUT2D eigenvalue weighted by atomic mass is 9.86. The maximum absolute atomic E-state index is 12.1. The standard InChI is InChI=1S/C17H28N2O6Si/c1-16(2,3)26(4,5)25-12-8-11-14(24-17(12,9-20)10-23-11)19-7-6-13(21)18-15(19)22/h6-7,11-12,14,20H,8-10H2,1-5H3,(H,18,21,22)/t11-,12+,14?,17+/m1/s1. The van der Waals surface area contributed by atoms with Gasteiger partial charge >= 0.3 is 5.69 Å². The number of aromatic amines is 1. The third-order valence-electron chi connectivity index (χ3n) is 5.88. The molecular formula is C17H28N2O6Si. The number of aliphatic hydroxyl groups excluding tert-OH is 1. The molecule has 8 nitrogen and oxygen atoms in total. The Labute approximate surface area is 153 Å². The third-order valence-corrected chi connectivity index (χ3v) is 10.4. The van der Waals surface area contributed by atoms with Crippen molar-refractivity contribution < 1.29 is 19.0 Å². The quantitative estimate of drug-likeness (QED) is 0.750. The largest absolute Gasteiger partial charge is 0.411 e. The van der Waals surface area contributed by atoms with Crippen LogP contribution in [0.15, 0.2) is 21.9 Å². The van der Waals surface area contributed by atoms with Gasteiger partial charge in [-0.05, 0) is 18.1 Å². The smallest absolute Gasteiger partial charge is 0.330 e. The molecular weight excluding hydrogens is 356 g/mol. The average molecular weight is 385 g/mol. The van der Waals surface area contributed by atoms with E-state index in [9.17, 15) is 14.7 Å². The van der Waals surface area contributed by atoms with Crippen LogP contribution in [0.1, 0.15) is 33.4 Å². The van der Waals surface area contributed by atoms with E-state index >= 15 is 0 Å². The minimum Gasteiger partial charge on any atom is -0.411 e. The summed E-state index contributed by atoms with van der Waals surface area (Å²) in [7, 11) is -2.08. The fourth-order valence-electron chi connectivity index (χ4n) is 3.20. The molecule has 0 aliphatic carbocycles. The number of fused-ring (bicyclic) bond motifs is 3. The van der Waals surface area contributed by atoms with Gasteiger partial charge in [-0.1, -0.05) is 20.8 Å². The topological polar surface area (TPSA) is 103 Å². The van der Waals surface area contributed by atoms with Gasteiger partial charge in [0.1, 0.15) is 11.7 Å². The molecule has 3 aliphatic heterocycles. The summed E-state index contributed by atoms with van der Waals surface area (Å²) in [5.41, 5.74) is -2.05. The van der Waals surface area contributed by atoms with Crippen molar-refractivity contribution in [3.05, 3.63) is 33.1 Å². The second-order valence-corrected chi connectivity index (χ2v) is 13.5. The van der Waals surface area contributed by atoms with Gasteiger partial charge in [0.15, 0.2) is 14.5 Å². The Morgan fingerprint density at radius 1 is 1.42 bits per heavy atom. The Morgan fingerprint density at radius 2 is 2.12 bits per heavy atom. The monoisotopic (exact) mass is 384 g/mol. The molecule has 1 aromatic heterocycles. The summed E-state index contributed by atoms with van der Waals surface area (Å²) in [5, 5.41) is 10.1. The molecule has 0 radical (unpaired) electrons. The number of aromatic nitrogens is 2. The molecule has 4 rings (SSSR count). The molecule has 146 valence electrons. The second kappa shape index (κ2) is 6.41. The van der Waals surface area contributed by atoms with Gasteiger partial charge in [-0.25, -0.2) is 4.79 Å². The van der Waals surface area contributed by atoms with Gasteiger partial charge in [-0.15, -0.1) is 0 Å². The highest BCUT2D eigenvalue weighted by Gasteiger charge is 2.57.